The molecule has 4 nitrogen and oxygen atoms in total. The van der Waals surface area contributed by atoms with Gasteiger partial charge in [0, 0.05) is 0 Å². The number of rotatable bonds is 1. The molecule has 0 spiro atoms. The Hall–Kier alpha value is -1.71. The van der Waals surface area contributed by atoms with Crippen molar-refractivity contribution in [1.82, 2.24) is 0 Å². The molecule has 1 amide bonds. The summed E-state index contributed by atoms with van der Waals surface area (Å²) in [6.07, 6.45) is -0.301. The summed E-state index contributed by atoms with van der Waals surface area (Å²) in [5, 5.41) is 3.11. The largest absolute Gasteiger partial charge is 0.449 e. The summed E-state index contributed by atoms with van der Waals surface area (Å²) >= 11 is 0. The van der Waals surface area contributed by atoms with Gasteiger partial charge in [-0.05, 0) is 19.1 Å². The lowest BCUT2D eigenvalue weighted by Gasteiger charge is -2.14. The summed E-state index contributed by atoms with van der Waals surface area (Å²) in [4.78, 5) is 13.1. The van der Waals surface area contributed by atoms with Crippen LogP contribution in [-0.4, -0.2) is 19.4 Å². The molecule has 0 bridgehead atoms. The third kappa shape index (κ3) is 1.39. The fraction of sp³-hybridized carbons (Fsp3) is 0.300. The van der Waals surface area contributed by atoms with Gasteiger partial charge in [-0.15, -0.1) is 0 Å². The van der Waals surface area contributed by atoms with Gasteiger partial charge >= 0.3 is 6.09 Å². The molecule has 1 aliphatic heterocycles. The molecule has 0 unspecified atom stereocenters. The molecule has 0 saturated carbocycles. The second kappa shape index (κ2) is 3.57. The Bertz CT molecular complexity index is 352. The van der Waals surface area contributed by atoms with Crippen molar-refractivity contribution in [2.24, 2.45) is 0 Å². The van der Waals surface area contributed by atoms with Crippen molar-refractivity contribution in [2.75, 3.05) is 23.5 Å². The smallest absolute Gasteiger partial charge is 0.415 e. The maximum Gasteiger partial charge on any atom is 0.415 e. The summed E-state index contributed by atoms with van der Waals surface area (Å²) in [6.45, 7) is 2.68. The molecule has 1 aromatic rings. The monoisotopic (exact) mass is 192 g/mol. The Kier molecular flexibility index (Phi) is 2.26. The molecule has 1 N–H and O–H groups in total. The number of benzene rings is 1. The summed E-state index contributed by atoms with van der Waals surface area (Å²) in [7, 11) is 0. The highest BCUT2D eigenvalue weighted by molar-refractivity contribution is 5.95. The maximum absolute atomic E-state index is 11.5. The van der Waals surface area contributed by atoms with Crippen LogP contribution in [0.5, 0.6) is 0 Å². The number of nitrogens with zero attached hydrogens (tertiary/aromatic N) is 1. The third-order valence-corrected chi connectivity index (χ3v) is 2.11. The van der Waals surface area contributed by atoms with E-state index in [4.69, 9.17) is 4.74 Å². The Morgan fingerprint density at radius 1 is 1.57 bits per heavy atom. The van der Waals surface area contributed by atoms with Gasteiger partial charge in [0.2, 0.25) is 0 Å². The van der Waals surface area contributed by atoms with Gasteiger partial charge in [-0.1, -0.05) is 12.1 Å². The first kappa shape index (κ1) is 8.87. The van der Waals surface area contributed by atoms with E-state index in [0.29, 0.717) is 13.3 Å². The lowest BCUT2D eigenvalue weighted by Crippen LogP contribution is -2.31. The molecule has 4 heteroatoms. The van der Waals surface area contributed by atoms with E-state index in [1.54, 1.807) is 11.8 Å². The highest BCUT2D eigenvalue weighted by Gasteiger charge is 2.24. The lowest BCUT2D eigenvalue weighted by molar-refractivity contribution is 0.160. The number of hydrogen-bond acceptors (Lipinski definition) is 3. The van der Waals surface area contributed by atoms with Crippen molar-refractivity contribution in [1.29, 1.82) is 0 Å². The first-order valence-corrected chi connectivity index (χ1v) is 4.60. The quantitative estimate of drug-likeness (QED) is 0.740. The zero-order valence-electron chi connectivity index (χ0n) is 7.99. The zero-order chi connectivity index (χ0) is 9.97. The first-order valence-electron chi connectivity index (χ1n) is 4.60. The highest BCUT2D eigenvalue weighted by atomic mass is 16.6. The Labute approximate surface area is 82.5 Å². The number of carbonyl (C=O) groups excluding carboxylic acids is 1. The van der Waals surface area contributed by atoms with Crippen LogP contribution in [0.3, 0.4) is 0 Å². The van der Waals surface area contributed by atoms with E-state index in [2.05, 4.69) is 5.32 Å². The van der Waals surface area contributed by atoms with Crippen LogP contribution in [-0.2, 0) is 4.74 Å². The Morgan fingerprint density at radius 3 is 3.14 bits per heavy atom. The normalized spacial score (nSPS) is 13.4. The van der Waals surface area contributed by atoms with Crippen molar-refractivity contribution in [3.05, 3.63) is 24.3 Å². The van der Waals surface area contributed by atoms with Gasteiger partial charge in [0.05, 0.1) is 24.7 Å². The predicted octanol–water partition coefficient (Wildman–Crippen LogP) is 2.03. The number of hydrogen-bond donors (Lipinski definition) is 1. The van der Waals surface area contributed by atoms with Crippen molar-refractivity contribution in [2.45, 2.75) is 6.92 Å². The number of anilines is 2. The minimum atomic E-state index is -0.301. The van der Waals surface area contributed by atoms with Crippen LogP contribution in [0.2, 0.25) is 0 Å². The fourth-order valence-corrected chi connectivity index (χ4v) is 1.47. The summed E-state index contributed by atoms with van der Waals surface area (Å²) in [5.74, 6) is 0. The van der Waals surface area contributed by atoms with Gasteiger partial charge in [-0.2, -0.15) is 0 Å². The SMILES string of the molecule is CCOC(=O)N1CNc2ccccc21. The molecule has 0 fully saturated rings. The molecular weight excluding hydrogens is 180 g/mol. The van der Waals surface area contributed by atoms with E-state index in [9.17, 15) is 4.79 Å². The molecule has 1 aromatic carbocycles. The summed E-state index contributed by atoms with van der Waals surface area (Å²) in [6, 6.07) is 7.67. The molecule has 0 aliphatic carbocycles. The van der Waals surface area contributed by atoms with Gasteiger partial charge in [0.1, 0.15) is 0 Å². The second-order valence-electron chi connectivity index (χ2n) is 2.98. The standard InChI is InChI=1S/C10H12N2O2/c1-2-14-10(13)12-7-11-8-5-3-4-6-9(8)12/h3-6,11H,2,7H2,1H3. The average molecular weight is 192 g/mol. The molecule has 1 aliphatic rings. The second-order valence-corrected chi connectivity index (χ2v) is 2.98. The fourth-order valence-electron chi connectivity index (χ4n) is 1.47. The van der Waals surface area contributed by atoms with E-state index in [1.807, 2.05) is 24.3 Å². The zero-order valence-corrected chi connectivity index (χ0v) is 7.99. The number of nitrogens with one attached hydrogen (secondary N) is 1. The highest BCUT2D eigenvalue weighted by Crippen LogP contribution is 2.30. The molecule has 0 radical (unpaired) electrons. The van der Waals surface area contributed by atoms with Crippen LogP contribution in [0.15, 0.2) is 24.3 Å². The van der Waals surface area contributed by atoms with Gasteiger partial charge in [0.25, 0.3) is 0 Å². The molecule has 2 rings (SSSR count). The average Bonchev–Trinajstić information content (AvgIpc) is 2.61. The van der Waals surface area contributed by atoms with Crippen LogP contribution in [0.25, 0.3) is 0 Å². The molecule has 74 valence electrons. The molecule has 14 heavy (non-hydrogen) atoms. The van der Waals surface area contributed by atoms with Gasteiger partial charge in [-0.3, -0.25) is 4.90 Å². The summed E-state index contributed by atoms with van der Waals surface area (Å²) in [5.41, 5.74) is 1.85. The van der Waals surface area contributed by atoms with Crippen molar-refractivity contribution in [3.8, 4) is 0 Å². The number of para-hydroxylation sites is 2. The van der Waals surface area contributed by atoms with Crippen LogP contribution >= 0.6 is 0 Å². The maximum atomic E-state index is 11.5. The van der Waals surface area contributed by atoms with Crippen LogP contribution in [0.1, 0.15) is 6.92 Å². The first-order chi connectivity index (χ1) is 6.83. The number of fused-ring (bicyclic) bond motifs is 1. The minimum absolute atomic E-state index is 0.301. The van der Waals surface area contributed by atoms with Gasteiger partial charge in [0.15, 0.2) is 0 Å². The van der Waals surface area contributed by atoms with Gasteiger partial charge in [-0.25, -0.2) is 4.79 Å². The van der Waals surface area contributed by atoms with E-state index in [1.165, 1.54) is 0 Å². The van der Waals surface area contributed by atoms with Crippen molar-refractivity contribution < 1.29 is 9.53 Å². The number of amides is 1. The van der Waals surface area contributed by atoms with Crippen molar-refractivity contribution >= 4 is 17.5 Å². The predicted molar refractivity (Wildman–Crippen MR) is 54.4 cm³/mol. The van der Waals surface area contributed by atoms with E-state index < -0.39 is 0 Å². The van der Waals surface area contributed by atoms with Crippen LogP contribution in [0.4, 0.5) is 16.2 Å². The van der Waals surface area contributed by atoms with E-state index in [0.717, 1.165) is 11.4 Å². The van der Waals surface area contributed by atoms with Crippen LogP contribution in [0, 0.1) is 0 Å². The summed E-state index contributed by atoms with van der Waals surface area (Å²) < 4.78 is 4.93. The minimum Gasteiger partial charge on any atom is -0.449 e. The van der Waals surface area contributed by atoms with E-state index >= 15 is 0 Å². The van der Waals surface area contributed by atoms with Gasteiger partial charge < -0.3 is 10.1 Å². The molecule has 0 saturated heterocycles. The Balaban J connectivity index is 2.21. The molecule has 0 aromatic heterocycles. The number of carbonyl (C=O) groups is 1. The third-order valence-electron chi connectivity index (χ3n) is 2.11. The molecule has 1 heterocycles. The van der Waals surface area contributed by atoms with Crippen molar-refractivity contribution in [3.63, 3.8) is 0 Å². The van der Waals surface area contributed by atoms with Crippen LogP contribution < -0.4 is 10.2 Å². The lowest BCUT2D eigenvalue weighted by atomic mass is 10.3. The number of ether oxygens (including phenoxy) is 1. The topological polar surface area (TPSA) is 41.6 Å². The molecular formula is C10H12N2O2. The van der Waals surface area contributed by atoms with E-state index in [-0.39, 0.29) is 6.09 Å². The molecule has 0 atom stereocenters. The Morgan fingerprint density at radius 2 is 2.36 bits per heavy atom.